The van der Waals surface area contributed by atoms with Crippen LogP contribution in [0.2, 0.25) is 0 Å². The lowest BCUT2D eigenvalue weighted by molar-refractivity contribution is 0.415. The first-order valence-electron chi connectivity index (χ1n) is 9.04. The van der Waals surface area contributed by atoms with Crippen LogP contribution in [0.3, 0.4) is 0 Å². The lowest BCUT2D eigenvalue weighted by Gasteiger charge is -2.16. The van der Waals surface area contributed by atoms with Crippen molar-refractivity contribution in [2.24, 2.45) is 0 Å². The molecule has 7 heteroatoms. The van der Waals surface area contributed by atoms with Gasteiger partial charge in [0, 0.05) is 23.2 Å². The van der Waals surface area contributed by atoms with E-state index in [0.717, 1.165) is 27.9 Å². The van der Waals surface area contributed by atoms with Crippen LogP contribution < -0.4 is 9.46 Å². The Hall–Kier alpha value is -2.98. The number of aromatic nitrogens is 1. The Morgan fingerprint density at radius 3 is 2.39 bits per heavy atom. The monoisotopic (exact) mass is 397 g/mol. The fourth-order valence-corrected chi connectivity index (χ4v) is 3.94. The number of hydrogen-bond donors (Lipinski definition) is 1. The molecule has 3 rings (SSSR count). The number of benzene rings is 2. The molecule has 1 heterocycles. The van der Waals surface area contributed by atoms with Gasteiger partial charge in [0.05, 0.1) is 29.6 Å². The first-order valence-corrected chi connectivity index (χ1v) is 10.7. The Kier molecular flexibility index (Phi) is 5.34. The SMILES string of the molecule is CCS(=O)(=O)Nc1ccc(-c2c(C#N)c3ccc(OC)cc3n2C(C)C)cc1. The van der Waals surface area contributed by atoms with Gasteiger partial charge in [-0.1, -0.05) is 12.1 Å². The predicted molar refractivity (Wildman–Crippen MR) is 112 cm³/mol. The fourth-order valence-electron chi connectivity index (χ4n) is 3.30. The normalized spacial score (nSPS) is 11.6. The summed E-state index contributed by atoms with van der Waals surface area (Å²) in [4.78, 5) is 0. The van der Waals surface area contributed by atoms with E-state index in [0.29, 0.717) is 11.3 Å². The molecule has 0 spiro atoms. The maximum Gasteiger partial charge on any atom is 0.232 e. The van der Waals surface area contributed by atoms with Crippen LogP contribution in [0.5, 0.6) is 5.75 Å². The Balaban J connectivity index is 2.19. The standard InChI is InChI=1S/C21H23N3O3S/c1-5-28(25,26)23-16-8-6-15(7-9-16)21-19(13-22)18-11-10-17(27-4)12-20(18)24(21)14(2)3/h6-12,14,23H,5H2,1-4H3. The number of nitriles is 1. The summed E-state index contributed by atoms with van der Waals surface area (Å²) >= 11 is 0. The Morgan fingerprint density at radius 1 is 1.18 bits per heavy atom. The van der Waals surface area contributed by atoms with Gasteiger partial charge in [-0.2, -0.15) is 5.26 Å². The summed E-state index contributed by atoms with van der Waals surface area (Å²) in [5, 5.41) is 10.7. The van der Waals surface area contributed by atoms with Gasteiger partial charge in [-0.15, -0.1) is 0 Å². The van der Waals surface area contributed by atoms with Crippen LogP contribution >= 0.6 is 0 Å². The topological polar surface area (TPSA) is 84.1 Å². The predicted octanol–water partition coefficient (Wildman–Crippen LogP) is 4.53. The van der Waals surface area contributed by atoms with Gasteiger partial charge in [0.2, 0.25) is 10.0 Å². The number of fused-ring (bicyclic) bond motifs is 1. The molecule has 0 bridgehead atoms. The van der Waals surface area contributed by atoms with Gasteiger partial charge in [0.15, 0.2) is 0 Å². The highest BCUT2D eigenvalue weighted by molar-refractivity contribution is 7.92. The van der Waals surface area contributed by atoms with Crippen LogP contribution in [0, 0.1) is 11.3 Å². The molecule has 1 aromatic heterocycles. The molecule has 0 radical (unpaired) electrons. The van der Waals surface area contributed by atoms with Crippen molar-refractivity contribution in [2.75, 3.05) is 17.6 Å². The zero-order valence-corrected chi connectivity index (χ0v) is 17.2. The molecule has 0 fully saturated rings. The summed E-state index contributed by atoms with van der Waals surface area (Å²) in [7, 11) is -1.72. The maximum absolute atomic E-state index is 11.8. The van der Waals surface area contributed by atoms with Gasteiger partial charge in [-0.05, 0) is 50.6 Å². The smallest absolute Gasteiger partial charge is 0.232 e. The van der Waals surface area contributed by atoms with E-state index in [1.54, 1.807) is 26.2 Å². The van der Waals surface area contributed by atoms with Crippen molar-refractivity contribution in [3.05, 3.63) is 48.0 Å². The van der Waals surface area contributed by atoms with E-state index >= 15 is 0 Å². The molecule has 0 aliphatic rings. The number of sulfonamides is 1. The molecule has 6 nitrogen and oxygen atoms in total. The minimum absolute atomic E-state index is 0.0107. The second kappa shape index (κ2) is 7.56. The van der Waals surface area contributed by atoms with Crippen molar-refractivity contribution in [3.63, 3.8) is 0 Å². The fraction of sp³-hybridized carbons (Fsp3) is 0.286. The third kappa shape index (κ3) is 3.56. The van der Waals surface area contributed by atoms with Gasteiger partial charge in [-0.25, -0.2) is 8.42 Å². The summed E-state index contributed by atoms with van der Waals surface area (Å²) in [5.74, 6) is 0.740. The van der Waals surface area contributed by atoms with Crippen molar-refractivity contribution in [1.29, 1.82) is 5.26 Å². The van der Waals surface area contributed by atoms with Gasteiger partial charge >= 0.3 is 0 Å². The molecule has 3 aromatic rings. The van der Waals surface area contributed by atoms with Gasteiger partial charge in [0.25, 0.3) is 0 Å². The summed E-state index contributed by atoms with van der Waals surface area (Å²) in [6, 6.07) is 15.2. The van der Waals surface area contributed by atoms with Crippen LogP contribution in [-0.2, 0) is 10.0 Å². The summed E-state index contributed by atoms with van der Waals surface area (Å²) in [6.07, 6.45) is 0. The molecule has 1 N–H and O–H groups in total. The second-order valence-corrected chi connectivity index (χ2v) is 8.78. The highest BCUT2D eigenvalue weighted by Gasteiger charge is 2.21. The Bertz CT molecular complexity index is 1150. The van der Waals surface area contributed by atoms with Crippen molar-refractivity contribution in [2.45, 2.75) is 26.8 Å². The lowest BCUT2D eigenvalue weighted by atomic mass is 10.1. The van der Waals surface area contributed by atoms with Crippen molar-refractivity contribution < 1.29 is 13.2 Å². The Morgan fingerprint density at radius 2 is 1.86 bits per heavy atom. The Labute approximate surface area is 165 Å². The molecule has 0 saturated heterocycles. The van der Waals surface area contributed by atoms with Gasteiger partial charge in [-0.3, -0.25) is 4.72 Å². The minimum atomic E-state index is -3.33. The second-order valence-electron chi connectivity index (χ2n) is 6.77. The summed E-state index contributed by atoms with van der Waals surface area (Å²) in [5.41, 5.74) is 3.67. The van der Waals surface area contributed by atoms with E-state index in [1.165, 1.54) is 0 Å². The molecule has 0 unspecified atom stereocenters. The molecule has 2 aromatic carbocycles. The lowest BCUT2D eigenvalue weighted by Crippen LogP contribution is -2.14. The van der Waals surface area contributed by atoms with Crippen LogP contribution in [0.4, 0.5) is 5.69 Å². The summed E-state index contributed by atoms with van der Waals surface area (Å²) < 4.78 is 33.6. The van der Waals surface area contributed by atoms with E-state index in [2.05, 4.69) is 29.2 Å². The molecule has 0 atom stereocenters. The van der Waals surface area contributed by atoms with Crippen LogP contribution in [0.25, 0.3) is 22.2 Å². The number of ether oxygens (including phenoxy) is 1. The van der Waals surface area contributed by atoms with E-state index in [4.69, 9.17) is 4.74 Å². The molecule has 28 heavy (non-hydrogen) atoms. The third-order valence-electron chi connectivity index (χ3n) is 4.65. The number of nitrogens with one attached hydrogen (secondary N) is 1. The van der Waals surface area contributed by atoms with Gasteiger partial charge in [0.1, 0.15) is 11.8 Å². The van der Waals surface area contributed by atoms with E-state index in [1.807, 2.05) is 30.3 Å². The number of nitrogens with zero attached hydrogens (tertiary/aromatic N) is 2. The highest BCUT2D eigenvalue weighted by Crippen LogP contribution is 2.37. The zero-order chi connectivity index (χ0) is 20.5. The van der Waals surface area contributed by atoms with Crippen LogP contribution in [0.1, 0.15) is 32.4 Å². The number of methoxy groups -OCH3 is 1. The molecular formula is C21H23N3O3S. The number of hydrogen-bond acceptors (Lipinski definition) is 4. The number of rotatable bonds is 6. The average molecular weight is 398 g/mol. The third-order valence-corrected chi connectivity index (χ3v) is 5.96. The molecule has 146 valence electrons. The molecule has 0 saturated carbocycles. The van der Waals surface area contributed by atoms with E-state index in [-0.39, 0.29) is 11.8 Å². The molecule has 0 amide bonds. The summed E-state index contributed by atoms with van der Waals surface area (Å²) in [6.45, 7) is 5.71. The molecular weight excluding hydrogens is 374 g/mol. The number of anilines is 1. The van der Waals surface area contributed by atoms with E-state index in [9.17, 15) is 13.7 Å². The largest absolute Gasteiger partial charge is 0.497 e. The highest BCUT2D eigenvalue weighted by atomic mass is 32.2. The maximum atomic E-state index is 11.8. The van der Waals surface area contributed by atoms with E-state index < -0.39 is 10.0 Å². The van der Waals surface area contributed by atoms with Crippen molar-refractivity contribution >= 4 is 26.6 Å². The van der Waals surface area contributed by atoms with Crippen LogP contribution in [0.15, 0.2) is 42.5 Å². The van der Waals surface area contributed by atoms with Gasteiger partial charge < -0.3 is 9.30 Å². The molecule has 0 aliphatic carbocycles. The average Bonchev–Trinajstić information content (AvgIpc) is 3.01. The first kappa shape index (κ1) is 19.8. The van der Waals surface area contributed by atoms with Crippen molar-refractivity contribution in [3.8, 4) is 23.1 Å². The van der Waals surface area contributed by atoms with Crippen LogP contribution in [-0.4, -0.2) is 25.8 Å². The van der Waals surface area contributed by atoms with Crippen molar-refractivity contribution in [1.82, 2.24) is 4.57 Å². The minimum Gasteiger partial charge on any atom is -0.497 e. The zero-order valence-electron chi connectivity index (χ0n) is 16.4. The quantitative estimate of drug-likeness (QED) is 0.662. The molecule has 0 aliphatic heterocycles. The first-order chi connectivity index (χ1) is 13.3.